The quantitative estimate of drug-likeness (QED) is 0.358. The van der Waals surface area contributed by atoms with Gasteiger partial charge in [0.1, 0.15) is 0 Å². The first-order chi connectivity index (χ1) is 16.7. The SMILES string of the molecule is C.CCNC(=O)c1ccc(/C(N)=C/C=C(N)N)cc1.[B]C([B])(C1CCOCC1)N1CC2CCCC2C1. The molecule has 1 saturated carbocycles. The Morgan fingerprint density at radius 2 is 1.58 bits per heavy atom. The molecule has 194 valence electrons. The van der Waals surface area contributed by atoms with E-state index in [1.165, 1.54) is 25.3 Å². The number of carbonyl (C=O) groups excluding carboxylic acids is 1. The fourth-order valence-corrected chi connectivity index (χ4v) is 5.33. The Bertz CT molecular complexity index is 882. The zero-order valence-corrected chi connectivity index (χ0v) is 20.9. The van der Waals surface area contributed by atoms with Crippen LogP contribution in [-0.4, -0.2) is 64.7 Å². The van der Waals surface area contributed by atoms with Gasteiger partial charge in [-0.2, -0.15) is 0 Å². The number of nitrogens with zero attached hydrogens (tertiary/aromatic N) is 1. The Kier molecular flexibility index (Phi) is 11.4. The Morgan fingerprint density at radius 1 is 1.03 bits per heavy atom. The molecule has 4 radical (unpaired) electrons. The van der Waals surface area contributed by atoms with E-state index >= 15 is 0 Å². The first kappa shape index (κ1) is 29.8. The van der Waals surface area contributed by atoms with Crippen molar-refractivity contribution in [1.29, 1.82) is 0 Å². The highest BCUT2D eigenvalue weighted by Crippen LogP contribution is 2.41. The van der Waals surface area contributed by atoms with Gasteiger partial charge in [-0.05, 0) is 80.2 Å². The predicted octanol–water partition coefficient (Wildman–Crippen LogP) is 2.27. The Balaban J connectivity index is 0.000000247. The molecule has 7 nitrogen and oxygen atoms in total. The molecule has 3 aliphatic rings. The molecule has 2 aliphatic heterocycles. The van der Waals surface area contributed by atoms with Crippen LogP contribution in [0.4, 0.5) is 0 Å². The van der Waals surface area contributed by atoms with Gasteiger partial charge in [-0.25, -0.2) is 0 Å². The van der Waals surface area contributed by atoms with Gasteiger partial charge < -0.3 is 32.2 Å². The second-order valence-electron chi connectivity index (χ2n) is 9.86. The standard InChI is InChI=1S/C13H21B2NO.C13H18N4O.CH4/c14-13(15,12-4-6-17-7-5-12)16-8-10-2-1-3-11(10)9-16;1-2-17-13(18)10-5-3-9(4-6-10)11(14)7-8-12(15)16;/h10-12H,1-9H2;3-8H,2,14-16H2,1H3,(H,17,18);1H4/b;11-7-;. The van der Waals surface area contributed by atoms with Gasteiger partial charge in [0.2, 0.25) is 0 Å². The lowest BCUT2D eigenvalue weighted by atomic mass is 9.52. The summed E-state index contributed by atoms with van der Waals surface area (Å²) < 4.78 is 5.40. The van der Waals surface area contributed by atoms with E-state index in [9.17, 15) is 4.79 Å². The van der Waals surface area contributed by atoms with Crippen molar-refractivity contribution in [2.45, 2.75) is 51.8 Å². The summed E-state index contributed by atoms with van der Waals surface area (Å²) in [6.07, 6.45) is 9.33. The molecule has 1 aromatic carbocycles. The summed E-state index contributed by atoms with van der Waals surface area (Å²) in [7, 11) is 12.9. The average molecular weight is 491 g/mol. The van der Waals surface area contributed by atoms with Crippen molar-refractivity contribution in [2.75, 3.05) is 32.8 Å². The van der Waals surface area contributed by atoms with E-state index in [0.717, 1.165) is 56.5 Å². The molecule has 2 saturated heterocycles. The van der Waals surface area contributed by atoms with E-state index < -0.39 is 5.34 Å². The maximum absolute atomic E-state index is 11.5. The molecule has 0 aromatic heterocycles. The summed E-state index contributed by atoms with van der Waals surface area (Å²) in [6, 6.07) is 6.99. The van der Waals surface area contributed by atoms with Crippen LogP contribution >= 0.6 is 0 Å². The predicted molar refractivity (Wildman–Crippen MR) is 150 cm³/mol. The minimum absolute atomic E-state index is 0. The minimum Gasteiger partial charge on any atom is -0.398 e. The number of amides is 1. The average Bonchev–Trinajstić information content (AvgIpc) is 3.47. The maximum Gasteiger partial charge on any atom is 0.251 e. The zero-order valence-electron chi connectivity index (χ0n) is 20.9. The third-order valence-corrected chi connectivity index (χ3v) is 7.42. The lowest BCUT2D eigenvalue weighted by molar-refractivity contribution is 0.0375. The molecule has 36 heavy (non-hydrogen) atoms. The first-order valence-corrected chi connectivity index (χ1v) is 12.7. The minimum atomic E-state index is -0.603. The topological polar surface area (TPSA) is 120 Å². The number of hydrogen-bond acceptors (Lipinski definition) is 6. The molecule has 3 fully saturated rings. The van der Waals surface area contributed by atoms with Crippen molar-refractivity contribution in [2.24, 2.45) is 35.0 Å². The van der Waals surface area contributed by atoms with Crippen molar-refractivity contribution >= 4 is 27.3 Å². The largest absolute Gasteiger partial charge is 0.398 e. The van der Waals surface area contributed by atoms with Crippen LogP contribution < -0.4 is 22.5 Å². The Hall–Kier alpha value is -2.38. The fraction of sp³-hybridized carbons (Fsp3) is 0.593. The van der Waals surface area contributed by atoms with Crippen LogP contribution in [0.15, 0.2) is 42.2 Å². The van der Waals surface area contributed by atoms with Crippen LogP contribution in [-0.2, 0) is 4.74 Å². The van der Waals surface area contributed by atoms with Gasteiger partial charge in [0.05, 0.1) is 21.5 Å². The summed E-state index contributed by atoms with van der Waals surface area (Å²) in [5.74, 6) is 2.22. The van der Waals surface area contributed by atoms with Crippen molar-refractivity contribution in [3.63, 3.8) is 0 Å². The normalized spacial score (nSPS) is 22.5. The van der Waals surface area contributed by atoms with Gasteiger partial charge in [-0.15, -0.1) is 0 Å². The number of ether oxygens (including phenoxy) is 1. The van der Waals surface area contributed by atoms with Crippen LogP contribution in [0, 0.1) is 17.8 Å². The molecule has 9 heteroatoms. The lowest BCUT2D eigenvalue weighted by Crippen LogP contribution is -2.55. The van der Waals surface area contributed by atoms with Crippen LogP contribution in [0.5, 0.6) is 0 Å². The van der Waals surface area contributed by atoms with Crippen LogP contribution in [0.3, 0.4) is 0 Å². The van der Waals surface area contributed by atoms with Gasteiger partial charge in [0.15, 0.2) is 0 Å². The van der Waals surface area contributed by atoms with Crippen molar-refractivity contribution in [3.05, 3.63) is 53.4 Å². The molecule has 1 aliphatic carbocycles. The van der Waals surface area contributed by atoms with Crippen LogP contribution in [0.1, 0.15) is 62.4 Å². The molecule has 7 N–H and O–H groups in total. The molecule has 2 heterocycles. The number of allylic oxidation sites excluding steroid dienone is 2. The second-order valence-corrected chi connectivity index (χ2v) is 9.86. The summed E-state index contributed by atoms with van der Waals surface area (Å²) in [4.78, 5) is 13.9. The Morgan fingerprint density at radius 3 is 2.11 bits per heavy atom. The van der Waals surface area contributed by atoms with E-state index in [0.29, 0.717) is 23.7 Å². The van der Waals surface area contributed by atoms with Gasteiger partial charge in [0.25, 0.3) is 5.91 Å². The molecule has 4 rings (SSSR count). The smallest absolute Gasteiger partial charge is 0.251 e. The number of rotatable bonds is 6. The number of fused-ring (bicyclic) bond motifs is 1. The van der Waals surface area contributed by atoms with Crippen molar-refractivity contribution < 1.29 is 9.53 Å². The lowest BCUT2D eigenvalue weighted by Gasteiger charge is -2.45. The number of nitrogens with one attached hydrogen (secondary N) is 1. The van der Waals surface area contributed by atoms with E-state index in [-0.39, 0.29) is 19.2 Å². The number of carbonyl (C=O) groups is 1. The molecule has 1 aromatic rings. The third kappa shape index (κ3) is 7.81. The van der Waals surface area contributed by atoms with Gasteiger partial charge in [0, 0.05) is 44.1 Å². The number of hydrogen-bond donors (Lipinski definition) is 4. The number of benzene rings is 1. The number of likely N-dealkylation sites (tertiary alicyclic amines) is 1. The van der Waals surface area contributed by atoms with Crippen LogP contribution in [0.25, 0.3) is 5.70 Å². The molecule has 1 amide bonds. The Labute approximate surface area is 220 Å². The molecule has 2 atom stereocenters. The summed E-state index contributed by atoms with van der Waals surface area (Å²) in [6.45, 7) is 6.35. The van der Waals surface area contributed by atoms with E-state index in [2.05, 4.69) is 10.2 Å². The highest BCUT2D eigenvalue weighted by Gasteiger charge is 2.43. The number of nitrogens with two attached hydrogens (primary N) is 3. The summed E-state index contributed by atoms with van der Waals surface area (Å²) in [5, 5.41) is 2.12. The maximum atomic E-state index is 11.5. The van der Waals surface area contributed by atoms with Crippen molar-refractivity contribution in [3.8, 4) is 0 Å². The highest BCUT2D eigenvalue weighted by molar-refractivity contribution is 6.40. The molecule has 0 spiro atoms. The van der Waals surface area contributed by atoms with Gasteiger partial charge >= 0.3 is 0 Å². The van der Waals surface area contributed by atoms with Crippen LogP contribution in [0.2, 0.25) is 0 Å². The molecular weight excluding hydrogens is 448 g/mol. The molecule has 0 bridgehead atoms. The van der Waals surface area contributed by atoms with Gasteiger partial charge in [-0.1, -0.05) is 31.3 Å². The van der Waals surface area contributed by atoms with Crippen molar-refractivity contribution in [1.82, 2.24) is 10.2 Å². The second kappa shape index (κ2) is 13.8. The zero-order chi connectivity index (χ0) is 25.4. The first-order valence-electron chi connectivity index (χ1n) is 12.7. The monoisotopic (exact) mass is 491 g/mol. The van der Waals surface area contributed by atoms with Gasteiger partial charge in [-0.3, -0.25) is 4.79 Å². The fourth-order valence-electron chi connectivity index (χ4n) is 5.33. The third-order valence-electron chi connectivity index (χ3n) is 7.42. The molecule has 2 unspecified atom stereocenters. The van der Waals surface area contributed by atoms with E-state index in [4.69, 9.17) is 37.6 Å². The van der Waals surface area contributed by atoms with E-state index in [1.54, 1.807) is 30.3 Å². The van der Waals surface area contributed by atoms with E-state index in [1.807, 2.05) is 6.92 Å². The molecular formula is C27H43B2N5O2. The summed E-state index contributed by atoms with van der Waals surface area (Å²) in [5.41, 5.74) is 18.4. The summed E-state index contributed by atoms with van der Waals surface area (Å²) >= 11 is 0. The highest BCUT2D eigenvalue weighted by atomic mass is 16.5.